The molecule has 32 heavy (non-hydrogen) atoms. The molecule has 0 spiro atoms. The van der Waals surface area contributed by atoms with Crippen LogP contribution >= 0.6 is 18.8 Å². The molecule has 4 N–H and O–H groups in total. The normalized spacial score (nSPS) is 15.4. The number of hydrogen-bond donors (Lipinski definition) is 3. The highest BCUT2D eigenvalue weighted by molar-refractivity contribution is 7.70. The lowest BCUT2D eigenvalue weighted by molar-refractivity contribution is 0.0767. The topological polar surface area (TPSA) is 95.7 Å². The molecule has 1 aromatic heterocycles. The quantitative estimate of drug-likeness (QED) is 0.375. The molecule has 2 amide bonds. The van der Waals surface area contributed by atoms with Gasteiger partial charge in [0.1, 0.15) is 0 Å². The molecule has 6 nitrogen and oxygen atoms in total. The average Bonchev–Trinajstić information content (AvgIpc) is 3.36. The molecule has 2 heterocycles. The molecule has 1 radical (unpaired) electrons. The van der Waals surface area contributed by atoms with E-state index in [0.29, 0.717) is 47.9 Å². The maximum absolute atomic E-state index is 12.8. The molecular formula is C24H27N3O3PS. The van der Waals surface area contributed by atoms with E-state index in [2.05, 4.69) is 5.32 Å². The minimum absolute atomic E-state index is 0.0628. The van der Waals surface area contributed by atoms with Crippen molar-refractivity contribution in [3.05, 3.63) is 71.1 Å². The van der Waals surface area contributed by atoms with Crippen molar-refractivity contribution in [2.24, 2.45) is 0 Å². The van der Waals surface area contributed by atoms with Crippen molar-refractivity contribution in [1.29, 1.82) is 0 Å². The molecular weight excluding hydrogens is 441 g/mol. The molecule has 8 heteroatoms. The van der Waals surface area contributed by atoms with Gasteiger partial charge in [0.05, 0.1) is 11.4 Å². The summed E-state index contributed by atoms with van der Waals surface area (Å²) >= 11 is 1.62. The van der Waals surface area contributed by atoms with Gasteiger partial charge in [-0.2, -0.15) is 0 Å². The largest absolute Gasteiger partial charge is 0.397 e. The van der Waals surface area contributed by atoms with Crippen LogP contribution in [0.5, 0.6) is 0 Å². The molecule has 1 fully saturated rings. The van der Waals surface area contributed by atoms with Gasteiger partial charge >= 0.3 is 0 Å². The van der Waals surface area contributed by atoms with Crippen LogP contribution in [0.25, 0.3) is 10.4 Å². The van der Waals surface area contributed by atoms with Crippen LogP contribution in [0.3, 0.4) is 0 Å². The summed E-state index contributed by atoms with van der Waals surface area (Å²) in [4.78, 5) is 38.9. The summed E-state index contributed by atoms with van der Waals surface area (Å²) in [5.74, 6) is -0.345. The van der Waals surface area contributed by atoms with Gasteiger partial charge in [0.15, 0.2) is 0 Å². The number of nitrogens with one attached hydrogen (secondary N) is 1. The van der Waals surface area contributed by atoms with Gasteiger partial charge in [-0.1, -0.05) is 19.1 Å². The Morgan fingerprint density at radius 1 is 1.09 bits per heavy atom. The third-order valence-corrected chi connectivity index (χ3v) is 10.1. The maximum Gasteiger partial charge on any atom is 0.255 e. The van der Waals surface area contributed by atoms with Gasteiger partial charge in [-0.3, -0.25) is 9.59 Å². The molecule has 0 unspecified atom stereocenters. The van der Waals surface area contributed by atoms with E-state index in [0.717, 1.165) is 16.6 Å². The Balaban J connectivity index is 1.43. The predicted molar refractivity (Wildman–Crippen MR) is 134 cm³/mol. The Morgan fingerprint density at radius 3 is 2.41 bits per heavy atom. The lowest BCUT2D eigenvalue weighted by Gasteiger charge is -2.39. The Hall–Kier alpha value is -2.73. The van der Waals surface area contributed by atoms with Gasteiger partial charge in [0, 0.05) is 41.4 Å². The lowest BCUT2D eigenvalue weighted by Crippen LogP contribution is -2.41. The van der Waals surface area contributed by atoms with Crippen molar-refractivity contribution in [3.63, 3.8) is 0 Å². The number of carbonyl (C=O) groups excluding carboxylic acids is 2. The molecule has 0 saturated carbocycles. The second kappa shape index (κ2) is 9.41. The van der Waals surface area contributed by atoms with E-state index >= 15 is 0 Å². The number of nitrogen functional groups attached to an aromatic ring is 1. The number of nitrogens with zero attached hydrogens (tertiary/aromatic N) is 1. The molecule has 1 aliphatic heterocycles. The molecule has 0 bridgehead atoms. The molecule has 3 aromatic rings. The first-order valence-electron chi connectivity index (χ1n) is 10.6. The number of thiophene rings is 1. The van der Waals surface area contributed by atoms with Crippen LogP contribution in [-0.2, 0) is 0 Å². The molecule has 1 aliphatic rings. The molecule has 4 rings (SSSR count). The first-order valence-corrected chi connectivity index (χ1v) is 13.8. The SMILES string of the molecule is CC[P]1(O)CCN(C(=O)c2ccc(C(=O)Nc3cc(-c4cccs4)ccc3N)cc2)CC1. The number of amides is 2. The number of carbonyl (C=O) groups is 2. The van der Waals surface area contributed by atoms with E-state index in [-0.39, 0.29) is 11.8 Å². The third kappa shape index (κ3) is 4.85. The number of nitrogens with two attached hydrogens (primary N) is 1. The first-order chi connectivity index (χ1) is 15.4. The highest BCUT2D eigenvalue weighted by atomic mass is 32.1. The highest BCUT2D eigenvalue weighted by Gasteiger charge is 2.30. The fourth-order valence-corrected chi connectivity index (χ4v) is 6.57. The Labute approximate surface area is 192 Å². The summed E-state index contributed by atoms with van der Waals surface area (Å²) in [5, 5.41) is 4.88. The third-order valence-electron chi connectivity index (χ3n) is 5.95. The summed E-state index contributed by atoms with van der Waals surface area (Å²) in [5.41, 5.74) is 9.10. The van der Waals surface area contributed by atoms with Crippen LogP contribution < -0.4 is 11.1 Å². The summed E-state index contributed by atoms with van der Waals surface area (Å²) in [7, 11) is -1.85. The van der Waals surface area contributed by atoms with Gasteiger partial charge in [-0.15, -0.1) is 11.3 Å². The Morgan fingerprint density at radius 2 is 1.78 bits per heavy atom. The minimum atomic E-state index is -1.85. The van der Waals surface area contributed by atoms with E-state index in [9.17, 15) is 14.5 Å². The zero-order valence-electron chi connectivity index (χ0n) is 18.0. The lowest BCUT2D eigenvalue weighted by atomic mass is 10.1. The standard InChI is InChI=1S/C24H27N3O3PS/c1-2-31(30)13-11-27(12-14-31)24(29)18-7-5-17(6-8-18)23(28)26-21-16-19(9-10-20(21)25)22-4-3-15-32-22/h3-10,15-16,30H,2,11-14,25H2,1H3,(H,26,28). The van der Waals surface area contributed by atoms with Crippen molar-refractivity contribution in [2.75, 3.05) is 42.6 Å². The van der Waals surface area contributed by atoms with Gasteiger partial charge < -0.3 is 20.8 Å². The zero-order valence-corrected chi connectivity index (χ0v) is 19.7. The monoisotopic (exact) mass is 468 g/mol. The molecule has 0 aliphatic carbocycles. The van der Waals surface area contributed by atoms with Crippen LogP contribution in [-0.4, -0.2) is 53.2 Å². The second-order valence-corrected chi connectivity index (χ2v) is 12.6. The van der Waals surface area contributed by atoms with E-state index < -0.39 is 7.49 Å². The average molecular weight is 469 g/mol. The van der Waals surface area contributed by atoms with Crippen molar-refractivity contribution in [3.8, 4) is 10.4 Å². The van der Waals surface area contributed by atoms with Gasteiger partial charge in [-0.05, 0) is 67.1 Å². The zero-order chi connectivity index (χ0) is 22.7. The number of benzene rings is 2. The summed E-state index contributed by atoms with van der Waals surface area (Å²) < 4.78 is 0. The maximum atomic E-state index is 12.8. The molecule has 167 valence electrons. The van der Waals surface area contributed by atoms with E-state index in [1.54, 1.807) is 46.6 Å². The van der Waals surface area contributed by atoms with Crippen LogP contribution in [0.15, 0.2) is 60.0 Å². The minimum Gasteiger partial charge on any atom is -0.397 e. The Bertz CT molecular complexity index is 1110. The van der Waals surface area contributed by atoms with Crippen LogP contribution in [0.1, 0.15) is 27.6 Å². The van der Waals surface area contributed by atoms with Crippen molar-refractivity contribution < 1.29 is 14.5 Å². The molecule has 0 atom stereocenters. The summed E-state index contributed by atoms with van der Waals surface area (Å²) in [6.45, 7) is 3.18. The second-order valence-electron chi connectivity index (χ2n) is 7.96. The number of anilines is 2. The van der Waals surface area contributed by atoms with Crippen LogP contribution in [0.2, 0.25) is 0 Å². The Kier molecular flexibility index (Phi) is 6.60. The smallest absolute Gasteiger partial charge is 0.255 e. The summed E-state index contributed by atoms with van der Waals surface area (Å²) in [6.07, 6.45) is 2.20. The van der Waals surface area contributed by atoms with Crippen LogP contribution in [0.4, 0.5) is 11.4 Å². The fraction of sp³-hybridized carbons (Fsp3) is 0.250. The predicted octanol–water partition coefficient (Wildman–Crippen LogP) is 4.65. The first kappa shape index (κ1) is 22.5. The van der Waals surface area contributed by atoms with Gasteiger partial charge in [0.25, 0.3) is 11.8 Å². The number of rotatable bonds is 5. The van der Waals surface area contributed by atoms with Gasteiger partial charge in [-0.25, -0.2) is 0 Å². The molecule has 2 aromatic carbocycles. The van der Waals surface area contributed by atoms with E-state index in [1.165, 1.54) is 0 Å². The fourth-order valence-electron chi connectivity index (χ4n) is 3.76. The van der Waals surface area contributed by atoms with Crippen LogP contribution in [0, 0.1) is 0 Å². The van der Waals surface area contributed by atoms with Crippen molar-refractivity contribution >= 4 is 42.0 Å². The molecule has 1 saturated heterocycles. The highest BCUT2D eigenvalue weighted by Crippen LogP contribution is 2.55. The van der Waals surface area contributed by atoms with Crippen molar-refractivity contribution in [2.45, 2.75) is 6.92 Å². The van der Waals surface area contributed by atoms with Gasteiger partial charge in [0.2, 0.25) is 0 Å². The van der Waals surface area contributed by atoms with E-state index in [4.69, 9.17) is 5.73 Å². The van der Waals surface area contributed by atoms with Crippen molar-refractivity contribution in [1.82, 2.24) is 4.90 Å². The summed E-state index contributed by atoms with van der Waals surface area (Å²) in [6, 6.07) is 16.2. The van der Waals surface area contributed by atoms with E-state index in [1.807, 2.05) is 36.6 Å². The number of hydrogen-bond acceptors (Lipinski definition) is 5.